The quantitative estimate of drug-likeness (QED) is 0.867. The van der Waals surface area contributed by atoms with Gasteiger partial charge in [0.1, 0.15) is 16.4 Å². The van der Waals surface area contributed by atoms with Gasteiger partial charge in [-0.05, 0) is 25.1 Å². The van der Waals surface area contributed by atoms with Crippen molar-refractivity contribution in [1.29, 1.82) is 0 Å². The van der Waals surface area contributed by atoms with Crippen LogP contribution in [0.25, 0.3) is 0 Å². The van der Waals surface area contributed by atoms with E-state index in [1.807, 2.05) is 4.72 Å². The minimum Gasteiger partial charge on any atom is -0.497 e. The zero-order valence-corrected chi connectivity index (χ0v) is 14.0. The summed E-state index contributed by atoms with van der Waals surface area (Å²) in [4.78, 5) is 11.9. The third kappa shape index (κ3) is 3.45. The monoisotopic (exact) mass is 339 g/mol. The van der Waals surface area contributed by atoms with Crippen molar-refractivity contribution in [1.82, 2.24) is 14.5 Å². The number of sulfonamides is 1. The largest absolute Gasteiger partial charge is 0.497 e. The molecule has 1 heterocycles. The Labute approximate surface area is 134 Å². The molecule has 1 amide bonds. The van der Waals surface area contributed by atoms with Crippen LogP contribution in [0.15, 0.2) is 29.2 Å². The maximum atomic E-state index is 12.5. The van der Waals surface area contributed by atoms with Gasteiger partial charge < -0.3 is 9.47 Å². The topological polar surface area (TPSA) is 99.5 Å². The van der Waals surface area contributed by atoms with Gasteiger partial charge in [-0.15, -0.1) is 0 Å². The molecule has 0 spiro atoms. The Hall–Kier alpha value is -2.55. The van der Waals surface area contributed by atoms with Crippen molar-refractivity contribution >= 4 is 15.9 Å². The van der Waals surface area contributed by atoms with Gasteiger partial charge in [-0.2, -0.15) is 5.10 Å². The number of ether oxygens (including phenoxy) is 2. The summed E-state index contributed by atoms with van der Waals surface area (Å²) in [5.74, 6) is -0.394. The molecule has 0 saturated carbocycles. The van der Waals surface area contributed by atoms with Gasteiger partial charge in [0, 0.05) is 18.8 Å². The lowest BCUT2D eigenvalue weighted by molar-refractivity contribution is 0.0976. The number of carbonyl (C=O) groups is 1. The van der Waals surface area contributed by atoms with E-state index in [1.54, 1.807) is 20.0 Å². The van der Waals surface area contributed by atoms with Gasteiger partial charge >= 0.3 is 0 Å². The molecular formula is C14H17N3O5S. The van der Waals surface area contributed by atoms with Crippen LogP contribution in [0, 0.1) is 6.92 Å². The molecule has 2 aromatic rings. The summed E-state index contributed by atoms with van der Waals surface area (Å²) in [6.45, 7) is 1.75. The molecule has 0 saturated heterocycles. The fourth-order valence-corrected chi connectivity index (χ4v) is 3.04. The van der Waals surface area contributed by atoms with Crippen molar-refractivity contribution in [2.24, 2.45) is 7.05 Å². The van der Waals surface area contributed by atoms with Crippen LogP contribution >= 0.6 is 0 Å². The third-order valence-corrected chi connectivity index (χ3v) is 4.59. The molecule has 0 aliphatic carbocycles. The number of methoxy groups -OCH3 is 2. The molecule has 0 aliphatic heterocycles. The smallest absolute Gasteiger partial charge is 0.285 e. The van der Waals surface area contributed by atoms with Crippen LogP contribution in [0.3, 0.4) is 0 Å². The van der Waals surface area contributed by atoms with Crippen LogP contribution in [0.4, 0.5) is 0 Å². The van der Waals surface area contributed by atoms with Crippen molar-refractivity contribution in [3.8, 4) is 11.5 Å². The number of aromatic nitrogens is 2. The predicted molar refractivity (Wildman–Crippen MR) is 82.1 cm³/mol. The highest BCUT2D eigenvalue weighted by atomic mass is 32.2. The zero-order valence-electron chi connectivity index (χ0n) is 13.2. The second kappa shape index (κ2) is 6.29. The number of nitrogens with one attached hydrogen (secondary N) is 1. The number of rotatable bonds is 5. The fraction of sp³-hybridized carbons (Fsp3) is 0.286. The van der Waals surface area contributed by atoms with E-state index in [0.717, 1.165) is 5.69 Å². The number of benzene rings is 1. The van der Waals surface area contributed by atoms with Crippen molar-refractivity contribution < 1.29 is 22.7 Å². The molecule has 0 atom stereocenters. The highest BCUT2D eigenvalue weighted by molar-refractivity contribution is 7.90. The van der Waals surface area contributed by atoms with Crippen LogP contribution in [0.2, 0.25) is 0 Å². The Balaban J connectivity index is 2.37. The molecule has 8 nitrogen and oxygen atoms in total. The number of aryl methyl sites for hydroxylation is 2. The Morgan fingerprint density at radius 1 is 1.22 bits per heavy atom. The number of hydrogen-bond donors (Lipinski definition) is 1. The van der Waals surface area contributed by atoms with Crippen LogP contribution < -0.4 is 14.2 Å². The zero-order chi connectivity index (χ0) is 17.2. The summed E-state index contributed by atoms with van der Waals surface area (Å²) in [5, 5.41) is 3.95. The van der Waals surface area contributed by atoms with Gasteiger partial charge in [0.2, 0.25) is 0 Å². The molecule has 23 heavy (non-hydrogen) atoms. The van der Waals surface area contributed by atoms with E-state index in [4.69, 9.17) is 9.47 Å². The third-order valence-electron chi connectivity index (χ3n) is 3.23. The highest BCUT2D eigenvalue weighted by Gasteiger charge is 2.25. The Kier molecular flexibility index (Phi) is 4.60. The molecular weight excluding hydrogens is 322 g/mol. The van der Waals surface area contributed by atoms with Gasteiger partial charge in [-0.3, -0.25) is 9.48 Å². The standard InChI is InChI=1S/C14H17N3O5S/c1-9-7-11(15-17(9)2)14(18)16-23(19,20)13-8-10(21-3)5-6-12(13)22-4/h5-8H,1-4H3,(H,16,18). The summed E-state index contributed by atoms with van der Waals surface area (Å²) in [6, 6.07) is 5.77. The average Bonchev–Trinajstić information content (AvgIpc) is 2.86. The fourth-order valence-electron chi connectivity index (χ4n) is 1.89. The molecule has 0 bridgehead atoms. The average molecular weight is 339 g/mol. The molecule has 9 heteroatoms. The van der Waals surface area contributed by atoms with Crippen LogP contribution in [0.5, 0.6) is 11.5 Å². The Bertz CT molecular complexity index is 823. The highest BCUT2D eigenvalue weighted by Crippen LogP contribution is 2.28. The van der Waals surface area contributed by atoms with Gasteiger partial charge in [0.05, 0.1) is 14.2 Å². The van der Waals surface area contributed by atoms with Gasteiger partial charge in [-0.1, -0.05) is 0 Å². The number of hydrogen-bond acceptors (Lipinski definition) is 6. The summed E-state index contributed by atoms with van der Waals surface area (Å²) in [7, 11) is 0.266. The van der Waals surface area contributed by atoms with E-state index < -0.39 is 15.9 Å². The summed E-state index contributed by atoms with van der Waals surface area (Å²) in [5.41, 5.74) is 0.738. The first-order valence-corrected chi connectivity index (χ1v) is 8.06. The maximum absolute atomic E-state index is 12.5. The second-order valence-electron chi connectivity index (χ2n) is 4.75. The Morgan fingerprint density at radius 3 is 2.43 bits per heavy atom. The number of amides is 1. The summed E-state index contributed by atoms with van der Waals surface area (Å²) < 4.78 is 38.4. The second-order valence-corrected chi connectivity index (χ2v) is 6.40. The molecule has 1 aromatic heterocycles. The molecule has 0 radical (unpaired) electrons. The first-order chi connectivity index (χ1) is 10.8. The Morgan fingerprint density at radius 2 is 1.91 bits per heavy atom. The SMILES string of the molecule is COc1ccc(OC)c(S(=O)(=O)NC(=O)c2cc(C)n(C)n2)c1. The van der Waals surface area contributed by atoms with E-state index in [9.17, 15) is 13.2 Å². The van der Waals surface area contributed by atoms with Crippen LogP contribution in [0.1, 0.15) is 16.2 Å². The molecule has 124 valence electrons. The first-order valence-electron chi connectivity index (χ1n) is 6.58. The minimum absolute atomic E-state index is 0.00966. The molecule has 2 rings (SSSR count). The molecule has 1 aromatic carbocycles. The first kappa shape index (κ1) is 16.8. The number of nitrogens with zero attached hydrogens (tertiary/aromatic N) is 2. The lowest BCUT2D eigenvalue weighted by atomic mass is 10.3. The maximum Gasteiger partial charge on any atom is 0.285 e. The molecule has 0 aliphatic rings. The van der Waals surface area contributed by atoms with Crippen molar-refractivity contribution in [3.05, 3.63) is 35.7 Å². The van der Waals surface area contributed by atoms with Crippen molar-refractivity contribution in [2.75, 3.05) is 14.2 Å². The van der Waals surface area contributed by atoms with Crippen molar-refractivity contribution in [2.45, 2.75) is 11.8 Å². The predicted octanol–water partition coefficient (Wildman–Crippen LogP) is 0.864. The molecule has 0 fully saturated rings. The summed E-state index contributed by atoms with van der Waals surface area (Å²) in [6.07, 6.45) is 0. The molecule has 0 unspecified atom stereocenters. The van der Waals surface area contributed by atoms with Gasteiger partial charge in [0.15, 0.2) is 5.69 Å². The summed E-state index contributed by atoms with van der Waals surface area (Å²) >= 11 is 0. The lowest BCUT2D eigenvalue weighted by Gasteiger charge is -2.11. The van der Waals surface area contributed by atoms with E-state index in [2.05, 4.69) is 5.10 Å². The van der Waals surface area contributed by atoms with E-state index >= 15 is 0 Å². The molecule has 1 N–H and O–H groups in total. The van der Waals surface area contributed by atoms with E-state index in [-0.39, 0.29) is 16.3 Å². The van der Waals surface area contributed by atoms with Crippen LogP contribution in [-0.4, -0.2) is 38.3 Å². The van der Waals surface area contributed by atoms with E-state index in [0.29, 0.717) is 5.75 Å². The number of carbonyl (C=O) groups excluding carboxylic acids is 1. The van der Waals surface area contributed by atoms with Crippen LogP contribution in [-0.2, 0) is 17.1 Å². The van der Waals surface area contributed by atoms with Gasteiger partial charge in [0.25, 0.3) is 15.9 Å². The normalized spacial score (nSPS) is 11.1. The van der Waals surface area contributed by atoms with Gasteiger partial charge in [-0.25, -0.2) is 13.1 Å². The minimum atomic E-state index is -4.14. The van der Waals surface area contributed by atoms with Crippen molar-refractivity contribution in [3.63, 3.8) is 0 Å². The van der Waals surface area contributed by atoms with E-state index in [1.165, 1.54) is 37.1 Å². The lowest BCUT2D eigenvalue weighted by Crippen LogP contribution is -2.31.